The maximum absolute atomic E-state index is 6.39. The summed E-state index contributed by atoms with van der Waals surface area (Å²) >= 11 is 0. The number of hydrogen-bond donors (Lipinski definition) is 0. The molecule has 1 spiro atoms. The summed E-state index contributed by atoms with van der Waals surface area (Å²) in [6, 6.07) is 36.8. The zero-order valence-electron chi connectivity index (χ0n) is 26.4. The summed E-state index contributed by atoms with van der Waals surface area (Å²) < 4.78 is 15.4. The smallest absolute Gasteiger partial charge is 0.399 e. The van der Waals surface area contributed by atoms with Crippen molar-refractivity contribution in [3.63, 3.8) is 0 Å². The van der Waals surface area contributed by atoms with Crippen molar-refractivity contribution in [1.29, 1.82) is 0 Å². The number of para-hydroxylation sites is 2. The lowest BCUT2D eigenvalue weighted by Crippen LogP contribution is -2.41. The minimum absolute atomic E-state index is 0.0975. The van der Waals surface area contributed by atoms with Crippen LogP contribution in [0.2, 0.25) is 0 Å². The Balaban J connectivity index is 1.26. The fourth-order valence-corrected chi connectivity index (χ4v) is 9.08. The number of rotatable bonds is 2. The highest BCUT2D eigenvalue weighted by molar-refractivity contribution is 6.62. The number of nitrogens with zero attached hydrogens (tertiary/aromatic N) is 1. The molecule has 4 aliphatic rings. The van der Waals surface area contributed by atoms with E-state index in [1.807, 2.05) is 0 Å². The van der Waals surface area contributed by atoms with Crippen molar-refractivity contribution in [3.8, 4) is 39.1 Å². The van der Waals surface area contributed by atoms with Gasteiger partial charge in [-0.15, -0.1) is 0 Å². The molecule has 2 fully saturated rings. The standard InChI is InChI=1S/C41H36BNO2/c1-39(2)40(3,4)45-42(44-39)26-17-15-25(16-18-26)27-19-21-31-36-35(27)30-12-6-8-14-34(30)43-33-13-7-5-11-28(33)29-20-22-32(37(36)38(29)43)41(31)23-9-10-24-41/h5-8,11-22H,9-10,23-24H2,1-4H3. The van der Waals surface area contributed by atoms with Crippen LogP contribution in [0.3, 0.4) is 0 Å². The van der Waals surface area contributed by atoms with Gasteiger partial charge >= 0.3 is 7.12 Å². The fraction of sp³-hybridized carbons (Fsp3) is 0.268. The Hall–Kier alpha value is -4.12. The quantitative estimate of drug-likeness (QED) is 0.189. The van der Waals surface area contributed by atoms with Gasteiger partial charge in [0.25, 0.3) is 0 Å². The van der Waals surface area contributed by atoms with Gasteiger partial charge in [-0.2, -0.15) is 0 Å². The molecule has 3 nitrogen and oxygen atoms in total. The number of benzene rings is 5. The molecule has 1 aromatic heterocycles. The predicted octanol–water partition coefficient (Wildman–Crippen LogP) is 9.57. The van der Waals surface area contributed by atoms with E-state index in [4.69, 9.17) is 9.31 Å². The van der Waals surface area contributed by atoms with Crippen molar-refractivity contribution >= 4 is 34.4 Å². The third-order valence-corrected chi connectivity index (χ3v) is 11.9. The Bertz CT molecular complexity index is 2220. The molecule has 2 aliphatic carbocycles. The Morgan fingerprint density at radius 2 is 1.27 bits per heavy atom. The highest BCUT2D eigenvalue weighted by atomic mass is 16.7. The SMILES string of the molecule is CC1(C)OB(c2ccc(-c3ccc4c5c3-c3ccccc3-n3c6ccccc6c6ccc(c-5c63)C43CCCC3)cc2)OC1(C)C. The minimum Gasteiger partial charge on any atom is -0.399 e. The van der Waals surface area contributed by atoms with Crippen LogP contribution in [-0.2, 0) is 14.7 Å². The van der Waals surface area contributed by atoms with Gasteiger partial charge in [-0.1, -0.05) is 97.8 Å². The highest BCUT2D eigenvalue weighted by Gasteiger charge is 2.52. The topological polar surface area (TPSA) is 23.4 Å². The minimum atomic E-state index is -0.368. The van der Waals surface area contributed by atoms with Crippen LogP contribution in [0.15, 0.2) is 97.1 Å². The lowest BCUT2D eigenvalue weighted by molar-refractivity contribution is 0.00578. The van der Waals surface area contributed by atoms with Crippen molar-refractivity contribution in [2.24, 2.45) is 0 Å². The Morgan fingerprint density at radius 1 is 0.600 bits per heavy atom. The molecular weight excluding hydrogens is 549 g/mol. The first kappa shape index (κ1) is 26.1. The predicted molar refractivity (Wildman–Crippen MR) is 186 cm³/mol. The van der Waals surface area contributed by atoms with Crippen molar-refractivity contribution < 1.29 is 9.31 Å². The van der Waals surface area contributed by atoms with Crippen LogP contribution in [0, 0.1) is 0 Å². The summed E-state index contributed by atoms with van der Waals surface area (Å²) in [6.45, 7) is 8.45. The molecule has 0 bridgehead atoms. The molecule has 0 N–H and O–H groups in total. The second-order valence-electron chi connectivity index (χ2n) is 14.7. The summed E-state index contributed by atoms with van der Waals surface area (Å²) in [5, 5.41) is 2.68. The van der Waals surface area contributed by atoms with E-state index in [9.17, 15) is 0 Å². The first-order valence-electron chi connectivity index (χ1n) is 16.6. The van der Waals surface area contributed by atoms with E-state index >= 15 is 0 Å². The molecule has 6 aromatic rings. The van der Waals surface area contributed by atoms with Crippen LogP contribution in [0.25, 0.3) is 60.9 Å². The van der Waals surface area contributed by atoms with Crippen LogP contribution in [0.1, 0.15) is 64.5 Å². The lowest BCUT2D eigenvalue weighted by atomic mass is 9.75. The maximum Gasteiger partial charge on any atom is 0.494 e. The van der Waals surface area contributed by atoms with Gasteiger partial charge in [0.15, 0.2) is 0 Å². The van der Waals surface area contributed by atoms with E-state index in [1.165, 1.54) is 97.7 Å². The van der Waals surface area contributed by atoms with Gasteiger partial charge in [-0.3, -0.25) is 0 Å². The van der Waals surface area contributed by atoms with E-state index in [1.54, 1.807) is 0 Å². The van der Waals surface area contributed by atoms with Crippen molar-refractivity contribution in [2.75, 3.05) is 0 Å². The molecule has 10 rings (SSSR count). The van der Waals surface area contributed by atoms with Crippen molar-refractivity contribution in [2.45, 2.75) is 70.0 Å². The van der Waals surface area contributed by atoms with Gasteiger partial charge in [0.2, 0.25) is 0 Å². The average Bonchev–Trinajstić information content (AvgIpc) is 3.76. The molecule has 2 aliphatic heterocycles. The third kappa shape index (κ3) is 3.19. The first-order valence-corrected chi connectivity index (χ1v) is 16.6. The summed E-state index contributed by atoms with van der Waals surface area (Å²) in [5.41, 5.74) is 15.5. The average molecular weight is 586 g/mol. The molecular formula is C41H36BNO2. The normalized spacial score (nSPS) is 19.5. The molecule has 0 atom stereocenters. The molecule has 45 heavy (non-hydrogen) atoms. The maximum atomic E-state index is 6.39. The Kier molecular flexibility index (Phi) is 4.98. The van der Waals surface area contributed by atoms with Crippen LogP contribution in [0.4, 0.5) is 0 Å². The zero-order valence-corrected chi connectivity index (χ0v) is 26.4. The van der Waals surface area contributed by atoms with Crippen molar-refractivity contribution in [3.05, 3.63) is 108 Å². The van der Waals surface area contributed by atoms with Gasteiger partial charge in [0.05, 0.1) is 27.9 Å². The second-order valence-corrected chi connectivity index (χ2v) is 14.7. The molecule has 5 aromatic carbocycles. The van der Waals surface area contributed by atoms with Gasteiger partial charge in [-0.05, 0) is 91.5 Å². The molecule has 3 heterocycles. The third-order valence-electron chi connectivity index (χ3n) is 11.9. The van der Waals surface area contributed by atoms with E-state index in [2.05, 4.69) is 129 Å². The molecule has 1 saturated heterocycles. The molecule has 220 valence electrons. The summed E-state index contributed by atoms with van der Waals surface area (Å²) in [5.74, 6) is 0. The number of fused-ring (bicyclic) bond motifs is 8. The molecule has 0 radical (unpaired) electrons. The van der Waals surface area contributed by atoms with Crippen LogP contribution in [0.5, 0.6) is 0 Å². The van der Waals surface area contributed by atoms with Gasteiger partial charge in [0, 0.05) is 27.3 Å². The molecule has 0 amide bonds. The second kappa shape index (κ2) is 8.57. The van der Waals surface area contributed by atoms with E-state index in [-0.39, 0.29) is 23.7 Å². The van der Waals surface area contributed by atoms with Crippen LogP contribution >= 0.6 is 0 Å². The molecule has 0 unspecified atom stereocenters. The zero-order chi connectivity index (χ0) is 30.3. The monoisotopic (exact) mass is 585 g/mol. The van der Waals surface area contributed by atoms with Crippen LogP contribution < -0.4 is 5.46 Å². The molecule has 4 heteroatoms. The summed E-state index contributed by atoms with van der Waals surface area (Å²) in [7, 11) is -0.368. The van der Waals surface area contributed by atoms with Crippen LogP contribution in [-0.4, -0.2) is 22.9 Å². The summed E-state index contributed by atoms with van der Waals surface area (Å²) in [6.07, 6.45) is 5.02. The molecule has 1 saturated carbocycles. The highest BCUT2D eigenvalue weighted by Crippen LogP contribution is 2.63. The van der Waals surface area contributed by atoms with E-state index in [0.29, 0.717) is 0 Å². The van der Waals surface area contributed by atoms with E-state index < -0.39 is 0 Å². The Morgan fingerprint density at radius 3 is 2.04 bits per heavy atom. The summed E-state index contributed by atoms with van der Waals surface area (Å²) in [4.78, 5) is 0. The fourth-order valence-electron chi connectivity index (χ4n) is 9.08. The van der Waals surface area contributed by atoms with Gasteiger partial charge in [-0.25, -0.2) is 0 Å². The van der Waals surface area contributed by atoms with E-state index in [0.717, 1.165) is 5.46 Å². The van der Waals surface area contributed by atoms with Gasteiger partial charge < -0.3 is 13.9 Å². The number of hydrogen-bond acceptors (Lipinski definition) is 2. The lowest BCUT2D eigenvalue weighted by Gasteiger charge is -2.32. The van der Waals surface area contributed by atoms with Gasteiger partial charge in [0.1, 0.15) is 0 Å². The largest absolute Gasteiger partial charge is 0.494 e. The van der Waals surface area contributed by atoms with Crippen molar-refractivity contribution in [1.82, 2.24) is 4.57 Å². The number of aromatic nitrogens is 1. The first-order chi connectivity index (χ1) is 21.8. The Labute approximate surface area is 264 Å².